The summed E-state index contributed by atoms with van der Waals surface area (Å²) >= 11 is 0. The first kappa shape index (κ1) is 12.3. The van der Waals surface area contributed by atoms with Gasteiger partial charge in [0.1, 0.15) is 5.82 Å². The van der Waals surface area contributed by atoms with Crippen LogP contribution in [0.3, 0.4) is 0 Å². The third-order valence-electron chi connectivity index (χ3n) is 3.91. The molecule has 2 N–H and O–H groups in total. The number of hydrogen-bond acceptors (Lipinski definition) is 4. The van der Waals surface area contributed by atoms with Crippen molar-refractivity contribution in [3.8, 4) is 0 Å². The molecule has 2 heterocycles. The van der Waals surface area contributed by atoms with Crippen LogP contribution in [0, 0.1) is 5.92 Å². The van der Waals surface area contributed by atoms with Gasteiger partial charge in [0.25, 0.3) is 0 Å². The highest BCUT2D eigenvalue weighted by Gasteiger charge is 2.14. The largest absolute Gasteiger partial charge is 0.372 e. The van der Waals surface area contributed by atoms with Gasteiger partial charge in [0.2, 0.25) is 0 Å². The van der Waals surface area contributed by atoms with E-state index in [1.165, 1.54) is 32.1 Å². The lowest BCUT2D eigenvalue weighted by atomic mass is 9.89. The molecule has 0 unspecified atom stereocenters. The van der Waals surface area contributed by atoms with Crippen LogP contribution in [0.4, 0.5) is 11.6 Å². The van der Waals surface area contributed by atoms with Crippen LogP contribution >= 0.6 is 0 Å². The first-order valence-electron chi connectivity index (χ1n) is 7.12. The highest BCUT2D eigenvalue weighted by molar-refractivity contribution is 5.65. The molecule has 0 aliphatic heterocycles. The van der Waals surface area contributed by atoms with Crippen LogP contribution in [-0.4, -0.2) is 28.0 Å². The maximum Gasteiger partial charge on any atom is 0.180 e. The van der Waals surface area contributed by atoms with E-state index in [9.17, 15) is 0 Å². The zero-order chi connectivity index (χ0) is 13.1. The summed E-state index contributed by atoms with van der Waals surface area (Å²) in [5.41, 5.74) is 0.898. The molecule has 0 bridgehead atoms. The molecule has 2 aromatic rings. The minimum absolute atomic E-state index is 0.781. The summed E-state index contributed by atoms with van der Waals surface area (Å²) in [6.45, 7) is 1.00. The Morgan fingerprint density at radius 3 is 2.95 bits per heavy atom. The fraction of sp³-hybridized carbons (Fsp3) is 0.571. The standard InChI is InChI=1S/C14H21N5/c1-15-12-10-19-8-7-16-14(19)13(18-12)17-9-11-5-3-2-4-6-11/h7-8,10-11,15H,2-6,9H2,1H3,(H,17,18). The molecule has 0 aromatic carbocycles. The van der Waals surface area contributed by atoms with Crippen molar-refractivity contribution in [3.05, 3.63) is 18.6 Å². The van der Waals surface area contributed by atoms with Crippen LogP contribution < -0.4 is 10.6 Å². The van der Waals surface area contributed by atoms with Crippen molar-refractivity contribution in [1.29, 1.82) is 0 Å². The van der Waals surface area contributed by atoms with Crippen molar-refractivity contribution in [2.24, 2.45) is 5.92 Å². The summed E-state index contributed by atoms with van der Waals surface area (Å²) in [5, 5.41) is 6.57. The van der Waals surface area contributed by atoms with Gasteiger partial charge in [-0.05, 0) is 18.8 Å². The number of rotatable bonds is 4. The van der Waals surface area contributed by atoms with Gasteiger partial charge >= 0.3 is 0 Å². The molecule has 102 valence electrons. The Hall–Kier alpha value is -1.78. The molecule has 19 heavy (non-hydrogen) atoms. The van der Waals surface area contributed by atoms with Crippen molar-refractivity contribution >= 4 is 17.3 Å². The third kappa shape index (κ3) is 2.64. The van der Waals surface area contributed by atoms with E-state index in [-0.39, 0.29) is 0 Å². The Bertz CT molecular complexity index is 542. The molecule has 1 aliphatic rings. The molecule has 1 saturated carbocycles. The van der Waals surface area contributed by atoms with Crippen molar-refractivity contribution in [1.82, 2.24) is 14.4 Å². The Morgan fingerprint density at radius 1 is 1.32 bits per heavy atom. The number of nitrogens with one attached hydrogen (secondary N) is 2. The van der Waals surface area contributed by atoms with Crippen LogP contribution in [0.25, 0.3) is 5.65 Å². The average molecular weight is 259 g/mol. The molecule has 0 amide bonds. The fourth-order valence-electron chi connectivity index (χ4n) is 2.80. The minimum atomic E-state index is 0.781. The summed E-state index contributed by atoms with van der Waals surface area (Å²) in [5.74, 6) is 2.52. The van der Waals surface area contributed by atoms with E-state index in [1.807, 2.05) is 30.0 Å². The molecule has 1 fully saturated rings. The highest BCUT2D eigenvalue weighted by atomic mass is 15.1. The molecule has 3 rings (SSSR count). The van der Waals surface area contributed by atoms with E-state index in [4.69, 9.17) is 0 Å². The Morgan fingerprint density at radius 2 is 2.16 bits per heavy atom. The molecule has 5 heteroatoms. The molecule has 2 aromatic heterocycles. The quantitative estimate of drug-likeness (QED) is 0.886. The van der Waals surface area contributed by atoms with Crippen LogP contribution in [0.5, 0.6) is 0 Å². The summed E-state index contributed by atoms with van der Waals surface area (Å²) in [6.07, 6.45) is 12.5. The van der Waals surface area contributed by atoms with Crippen LogP contribution in [-0.2, 0) is 0 Å². The van der Waals surface area contributed by atoms with Gasteiger partial charge < -0.3 is 15.0 Å². The van der Waals surface area contributed by atoms with Gasteiger partial charge in [-0.15, -0.1) is 0 Å². The predicted molar refractivity (Wildman–Crippen MR) is 77.6 cm³/mol. The summed E-state index contributed by atoms with van der Waals surface area (Å²) < 4.78 is 2.00. The number of nitrogens with zero attached hydrogens (tertiary/aromatic N) is 3. The lowest BCUT2D eigenvalue weighted by Gasteiger charge is -2.22. The fourth-order valence-corrected chi connectivity index (χ4v) is 2.80. The zero-order valence-corrected chi connectivity index (χ0v) is 11.4. The highest BCUT2D eigenvalue weighted by Crippen LogP contribution is 2.24. The summed E-state index contributed by atoms with van der Waals surface area (Å²) in [6, 6.07) is 0. The van der Waals surface area contributed by atoms with E-state index in [0.29, 0.717) is 0 Å². The van der Waals surface area contributed by atoms with E-state index < -0.39 is 0 Å². The van der Waals surface area contributed by atoms with E-state index >= 15 is 0 Å². The van der Waals surface area contributed by atoms with Crippen LogP contribution in [0.1, 0.15) is 32.1 Å². The molecular formula is C14H21N5. The first-order valence-corrected chi connectivity index (χ1v) is 7.12. The SMILES string of the molecule is CNc1cn2ccnc2c(NCC2CCCCC2)n1. The normalized spacial score (nSPS) is 16.7. The van der Waals surface area contributed by atoms with E-state index in [2.05, 4.69) is 20.6 Å². The second kappa shape index (κ2) is 5.47. The maximum atomic E-state index is 4.57. The maximum absolute atomic E-state index is 4.57. The lowest BCUT2D eigenvalue weighted by Crippen LogP contribution is -2.18. The van der Waals surface area contributed by atoms with Gasteiger partial charge in [-0.1, -0.05) is 19.3 Å². The third-order valence-corrected chi connectivity index (χ3v) is 3.91. The Labute approximate surface area is 113 Å². The predicted octanol–water partition coefficient (Wildman–Crippen LogP) is 2.76. The molecule has 1 aliphatic carbocycles. The minimum Gasteiger partial charge on any atom is -0.372 e. The summed E-state index contributed by atoms with van der Waals surface area (Å²) in [4.78, 5) is 8.94. The number of fused-ring (bicyclic) bond motifs is 1. The van der Waals surface area contributed by atoms with Gasteiger partial charge in [-0.2, -0.15) is 0 Å². The number of imidazole rings is 1. The van der Waals surface area contributed by atoms with E-state index in [0.717, 1.165) is 29.7 Å². The number of aromatic nitrogens is 3. The second-order valence-corrected chi connectivity index (χ2v) is 5.27. The number of hydrogen-bond donors (Lipinski definition) is 2. The molecule has 5 nitrogen and oxygen atoms in total. The van der Waals surface area contributed by atoms with Crippen LogP contribution in [0.15, 0.2) is 18.6 Å². The molecule has 0 saturated heterocycles. The van der Waals surface area contributed by atoms with Gasteiger partial charge in [0, 0.05) is 26.0 Å². The van der Waals surface area contributed by atoms with Crippen molar-refractivity contribution in [2.45, 2.75) is 32.1 Å². The second-order valence-electron chi connectivity index (χ2n) is 5.27. The smallest absolute Gasteiger partial charge is 0.180 e. The topological polar surface area (TPSA) is 54.2 Å². The Kier molecular flexibility index (Phi) is 3.53. The molecule has 0 atom stereocenters. The Balaban J connectivity index is 1.77. The zero-order valence-electron chi connectivity index (χ0n) is 11.4. The lowest BCUT2D eigenvalue weighted by molar-refractivity contribution is 0.373. The van der Waals surface area contributed by atoms with E-state index in [1.54, 1.807) is 0 Å². The monoisotopic (exact) mass is 259 g/mol. The first-order chi connectivity index (χ1) is 9.36. The van der Waals surface area contributed by atoms with Crippen LogP contribution in [0.2, 0.25) is 0 Å². The van der Waals surface area contributed by atoms with Gasteiger partial charge in [0.15, 0.2) is 11.5 Å². The van der Waals surface area contributed by atoms with Crippen molar-refractivity contribution in [3.63, 3.8) is 0 Å². The van der Waals surface area contributed by atoms with Gasteiger partial charge in [0.05, 0.1) is 6.20 Å². The molecule has 0 radical (unpaired) electrons. The molecule has 0 spiro atoms. The summed E-state index contributed by atoms with van der Waals surface area (Å²) in [7, 11) is 1.88. The van der Waals surface area contributed by atoms with Crippen molar-refractivity contribution < 1.29 is 0 Å². The van der Waals surface area contributed by atoms with Gasteiger partial charge in [-0.3, -0.25) is 0 Å². The van der Waals surface area contributed by atoms with Gasteiger partial charge in [-0.25, -0.2) is 9.97 Å². The number of anilines is 2. The van der Waals surface area contributed by atoms with Crippen molar-refractivity contribution in [2.75, 3.05) is 24.2 Å². The average Bonchev–Trinajstić information content (AvgIpc) is 2.94. The molecular weight excluding hydrogens is 238 g/mol.